The smallest absolute Gasteiger partial charge is 0.407 e. The van der Waals surface area contributed by atoms with Gasteiger partial charge in [0, 0.05) is 43.7 Å². The minimum atomic E-state index is -0.631. The van der Waals surface area contributed by atoms with E-state index < -0.39 is 11.7 Å². The number of benzene rings is 1. The summed E-state index contributed by atoms with van der Waals surface area (Å²) in [6, 6.07) is 8.81. The molecule has 0 atom stereocenters. The minimum absolute atomic E-state index is 0.0295. The van der Waals surface area contributed by atoms with E-state index in [1.165, 1.54) is 0 Å². The SMILES string of the molecule is CN1CCN(C(=O)c2ccc3cc(OC/C(=C/F)CNC(=O)OC(C)(C)C)ccc3n2)CC1. The second kappa shape index (κ2) is 10.6. The number of likely N-dealkylation sites (N-methyl/N-ethyl adjacent to an activating group) is 1. The van der Waals surface area contributed by atoms with Gasteiger partial charge >= 0.3 is 6.09 Å². The van der Waals surface area contributed by atoms with Crippen LogP contribution in [0.25, 0.3) is 10.9 Å². The highest BCUT2D eigenvalue weighted by Crippen LogP contribution is 2.21. The van der Waals surface area contributed by atoms with Gasteiger partial charge in [0.25, 0.3) is 5.91 Å². The quantitative estimate of drug-likeness (QED) is 0.715. The Bertz CT molecular complexity index is 1030. The van der Waals surface area contributed by atoms with Crippen LogP contribution in [0, 0.1) is 0 Å². The highest BCUT2D eigenvalue weighted by molar-refractivity contribution is 5.95. The Labute approximate surface area is 193 Å². The first-order valence-corrected chi connectivity index (χ1v) is 10.9. The van der Waals surface area contributed by atoms with Crippen molar-refractivity contribution in [3.8, 4) is 5.75 Å². The fourth-order valence-corrected chi connectivity index (χ4v) is 3.28. The third-order valence-electron chi connectivity index (χ3n) is 5.11. The zero-order chi connectivity index (χ0) is 24.0. The topological polar surface area (TPSA) is 84.0 Å². The number of amides is 2. The number of carbonyl (C=O) groups excluding carboxylic acids is 2. The molecule has 0 saturated carbocycles. The molecule has 178 valence electrons. The third kappa shape index (κ3) is 7.15. The lowest BCUT2D eigenvalue weighted by Gasteiger charge is -2.32. The normalized spacial score (nSPS) is 15.4. The van der Waals surface area contributed by atoms with Crippen molar-refractivity contribution < 1.29 is 23.5 Å². The van der Waals surface area contributed by atoms with E-state index in [9.17, 15) is 14.0 Å². The molecule has 0 unspecified atom stereocenters. The number of nitrogens with zero attached hydrogens (tertiary/aromatic N) is 3. The number of alkyl carbamates (subject to hydrolysis) is 1. The summed E-state index contributed by atoms with van der Waals surface area (Å²) < 4.78 is 24.0. The number of carbonyl (C=O) groups is 2. The molecule has 2 aromatic rings. The maximum atomic E-state index is 13.2. The van der Waals surface area contributed by atoms with Crippen LogP contribution in [0.15, 0.2) is 42.2 Å². The van der Waals surface area contributed by atoms with E-state index in [1.54, 1.807) is 45.0 Å². The number of ether oxygens (including phenoxy) is 2. The van der Waals surface area contributed by atoms with Gasteiger partial charge in [-0.15, -0.1) is 0 Å². The van der Waals surface area contributed by atoms with Crippen molar-refractivity contribution in [2.75, 3.05) is 46.4 Å². The Balaban J connectivity index is 1.58. The molecule has 8 nitrogen and oxygen atoms in total. The lowest BCUT2D eigenvalue weighted by molar-refractivity contribution is 0.0531. The largest absolute Gasteiger partial charge is 0.489 e. The van der Waals surface area contributed by atoms with Gasteiger partial charge in [0.15, 0.2) is 0 Å². The van der Waals surface area contributed by atoms with Crippen molar-refractivity contribution >= 4 is 22.9 Å². The maximum Gasteiger partial charge on any atom is 0.407 e. The molecule has 33 heavy (non-hydrogen) atoms. The Morgan fingerprint density at radius 3 is 2.55 bits per heavy atom. The summed E-state index contributed by atoms with van der Waals surface area (Å²) in [5.41, 5.74) is 0.716. The predicted molar refractivity (Wildman–Crippen MR) is 124 cm³/mol. The van der Waals surface area contributed by atoms with Crippen molar-refractivity contribution in [1.29, 1.82) is 0 Å². The molecule has 1 aromatic heterocycles. The van der Waals surface area contributed by atoms with Gasteiger partial charge in [0.05, 0.1) is 11.8 Å². The summed E-state index contributed by atoms with van der Waals surface area (Å²) in [6.45, 7) is 8.27. The molecule has 9 heteroatoms. The molecule has 1 aliphatic heterocycles. The molecule has 2 heterocycles. The lowest BCUT2D eigenvalue weighted by Crippen LogP contribution is -2.47. The van der Waals surface area contributed by atoms with Gasteiger partial charge in [-0.1, -0.05) is 6.07 Å². The number of hydrogen-bond acceptors (Lipinski definition) is 6. The molecule has 0 bridgehead atoms. The fourth-order valence-electron chi connectivity index (χ4n) is 3.28. The summed E-state index contributed by atoms with van der Waals surface area (Å²) in [5, 5.41) is 3.31. The molecule has 1 aromatic carbocycles. The Hall–Kier alpha value is -3.20. The van der Waals surface area contributed by atoms with Crippen molar-refractivity contribution in [3.05, 3.63) is 47.9 Å². The van der Waals surface area contributed by atoms with Gasteiger partial charge in [0.1, 0.15) is 23.7 Å². The number of piperazine rings is 1. The first-order valence-electron chi connectivity index (χ1n) is 10.9. The van der Waals surface area contributed by atoms with Crippen LogP contribution in [-0.4, -0.2) is 78.8 Å². The molecule has 3 rings (SSSR count). The number of pyridine rings is 1. The zero-order valence-electron chi connectivity index (χ0n) is 19.6. The van der Waals surface area contributed by atoms with Crippen LogP contribution < -0.4 is 10.1 Å². The highest BCUT2D eigenvalue weighted by Gasteiger charge is 2.21. The van der Waals surface area contributed by atoms with Crippen molar-refractivity contribution in [1.82, 2.24) is 20.1 Å². The summed E-state index contributed by atoms with van der Waals surface area (Å²) in [4.78, 5) is 33.0. The molecule has 0 radical (unpaired) electrons. The molecular weight excluding hydrogens is 427 g/mol. The number of nitrogens with one attached hydrogen (secondary N) is 1. The molecule has 1 aliphatic rings. The number of halogens is 1. The fraction of sp³-hybridized carbons (Fsp3) is 0.458. The summed E-state index contributed by atoms with van der Waals surface area (Å²) in [6.07, 6.45) is -0.212. The Kier molecular flexibility index (Phi) is 7.86. The zero-order valence-corrected chi connectivity index (χ0v) is 19.6. The second-order valence-electron chi connectivity index (χ2n) is 9.06. The van der Waals surface area contributed by atoms with Gasteiger partial charge in [-0.3, -0.25) is 4.79 Å². The van der Waals surface area contributed by atoms with Crippen LogP contribution in [0.1, 0.15) is 31.3 Å². The summed E-state index contributed by atoms with van der Waals surface area (Å²) in [7, 11) is 2.04. The Morgan fingerprint density at radius 1 is 1.15 bits per heavy atom. The van der Waals surface area contributed by atoms with Crippen molar-refractivity contribution in [2.24, 2.45) is 0 Å². The number of rotatable bonds is 6. The molecule has 0 spiro atoms. The molecule has 1 saturated heterocycles. The van der Waals surface area contributed by atoms with E-state index in [0.29, 0.717) is 36.4 Å². The van der Waals surface area contributed by atoms with Gasteiger partial charge in [-0.25, -0.2) is 14.2 Å². The van der Waals surface area contributed by atoms with E-state index in [1.807, 2.05) is 18.0 Å². The summed E-state index contributed by atoms with van der Waals surface area (Å²) in [5.74, 6) is 0.458. The highest BCUT2D eigenvalue weighted by atomic mass is 19.1. The first-order chi connectivity index (χ1) is 15.6. The van der Waals surface area contributed by atoms with Crippen molar-refractivity contribution in [2.45, 2.75) is 26.4 Å². The van der Waals surface area contributed by atoms with Crippen LogP contribution in [0.3, 0.4) is 0 Å². The van der Waals surface area contributed by atoms with E-state index >= 15 is 0 Å². The maximum absolute atomic E-state index is 13.2. The van der Waals surface area contributed by atoms with Gasteiger partial charge in [-0.2, -0.15) is 0 Å². The monoisotopic (exact) mass is 458 g/mol. The van der Waals surface area contributed by atoms with E-state index in [0.717, 1.165) is 18.5 Å². The van der Waals surface area contributed by atoms with Gasteiger partial charge < -0.3 is 24.6 Å². The minimum Gasteiger partial charge on any atom is -0.489 e. The van der Waals surface area contributed by atoms with Crippen LogP contribution >= 0.6 is 0 Å². The lowest BCUT2D eigenvalue weighted by atomic mass is 10.1. The van der Waals surface area contributed by atoms with E-state index in [4.69, 9.17) is 9.47 Å². The number of hydrogen-bond donors (Lipinski definition) is 1. The molecule has 1 N–H and O–H groups in total. The van der Waals surface area contributed by atoms with Crippen molar-refractivity contribution in [3.63, 3.8) is 0 Å². The summed E-state index contributed by atoms with van der Waals surface area (Å²) >= 11 is 0. The first kappa shape index (κ1) is 24.4. The van der Waals surface area contributed by atoms with E-state index in [-0.39, 0.29) is 24.6 Å². The second-order valence-corrected chi connectivity index (χ2v) is 9.06. The van der Waals surface area contributed by atoms with Crippen LogP contribution in [0.5, 0.6) is 5.75 Å². The molecule has 0 aliphatic carbocycles. The number of fused-ring (bicyclic) bond motifs is 1. The third-order valence-corrected chi connectivity index (χ3v) is 5.11. The van der Waals surface area contributed by atoms with Crippen LogP contribution in [0.2, 0.25) is 0 Å². The van der Waals surface area contributed by atoms with Gasteiger partial charge in [-0.05, 0) is 52.1 Å². The van der Waals surface area contributed by atoms with Crippen LogP contribution in [0.4, 0.5) is 9.18 Å². The van der Waals surface area contributed by atoms with Gasteiger partial charge in [0.2, 0.25) is 0 Å². The van der Waals surface area contributed by atoms with E-state index in [2.05, 4.69) is 15.2 Å². The molecule has 2 amide bonds. The average molecular weight is 459 g/mol. The number of aromatic nitrogens is 1. The average Bonchev–Trinajstić information content (AvgIpc) is 2.77. The molecular formula is C24H31FN4O4. The predicted octanol–water partition coefficient (Wildman–Crippen LogP) is 3.38. The Morgan fingerprint density at radius 2 is 1.88 bits per heavy atom. The van der Waals surface area contributed by atoms with Crippen LogP contribution in [-0.2, 0) is 4.74 Å². The molecule has 1 fully saturated rings. The standard InChI is InChI=1S/C24H31FN4O4/c1-24(2,3)33-23(31)26-15-17(14-25)16-32-19-6-8-20-18(13-19)5-7-21(27-20)22(30)29-11-9-28(4)10-12-29/h5-8,13-14H,9-12,15-16H2,1-4H3,(H,26,31)/b17-14+.